The molecule has 1 aromatic heterocycles. The van der Waals surface area contributed by atoms with Gasteiger partial charge in [0.05, 0.1) is 11.0 Å². The lowest BCUT2D eigenvalue weighted by atomic mass is 9.98. The van der Waals surface area contributed by atoms with Crippen molar-refractivity contribution in [3.8, 4) is 0 Å². The number of halogens is 1. The first-order valence-corrected chi connectivity index (χ1v) is 7.83. The van der Waals surface area contributed by atoms with Gasteiger partial charge in [-0.1, -0.05) is 31.9 Å². The Morgan fingerprint density at radius 1 is 1.32 bits per heavy atom. The molecular weight excluding hydrogens is 256 g/mol. The standard InChI is InChI=1S/C16H21ClN2/c1-12-5-4-6-13(12)11-19-15-8-3-2-7-14(15)18-16(19)9-10-17/h2-3,7-8,12-13H,4-6,9-11H2,1H3. The number of aryl methyl sites for hydroxylation is 1. The van der Waals surface area contributed by atoms with E-state index in [2.05, 4.69) is 35.8 Å². The molecule has 1 aliphatic rings. The van der Waals surface area contributed by atoms with E-state index < -0.39 is 0 Å². The molecule has 19 heavy (non-hydrogen) atoms. The molecule has 2 aromatic rings. The Morgan fingerprint density at radius 2 is 2.16 bits per heavy atom. The summed E-state index contributed by atoms with van der Waals surface area (Å²) < 4.78 is 2.41. The van der Waals surface area contributed by atoms with Gasteiger partial charge in [0.1, 0.15) is 5.82 Å². The van der Waals surface area contributed by atoms with Gasteiger partial charge < -0.3 is 4.57 Å². The van der Waals surface area contributed by atoms with E-state index in [0.717, 1.165) is 36.1 Å². The van der Waals surface area contributed by atoms with Gasteiger partial charge in [0.2, 0.25) is 0 Å². The second-order valence-corrected chi connectivity index (χ2v) is 6.11. The van der Waals surface area contributed by atoms with E-state index in [1.807, 2.05) is 0 Å². The summed E-state index contributed by atoms with van der Waals surface area (Å²) in [6.07, 6.45) is 4.97. The number of alkyl halides is 1. The van der Waals surface area contributed by atoms with Gasteiger partial charge in [0.25, 0.3) is 0 Å². The maximum Gasteiger partial charge on any atom is 0.111 e. The Bertz CT molecular complexity index is 561. The summed E-state index contributed by atoms with van der Waals surface area (Å²) in [6.45, 7) is 3.49. The van der Waals surface area contributed by atoms with Crippen LogP contribution < -0.4 is 0 Å². The predicted octanol–water partition coefficient (Wildman–Crippen LogP) is 4.25. The van der Waals surface area contributed by atoms with Crippen LogP contribution in [0.25, 0.3) is 11.0 Å². The van der Waals surface area contributed by atoms with Crippen LogP contribution in [-0.2, 0) is 13.0 Å². The highest BCUT2D eigenvalue weighted by Crippen LogP contribution is 2.33. The predicted molar refractivity (Wildman–Crippen MR) is 80.7 cm³/mol. The molecule has 2 atom stereocenters. The van der Waals surface area contributed by atoms with Crippen molar-refractivity contribution < 1.29 is 0 Å². The average Bonchev–Trinajstić information content (AvgIpc) is 2.96. The van der Waals surface area contributed by atoms with Crippen LogP contribution in [0, 0.1) is 11.8 Å². The number of fused-ring (bicyclic) bond motifs is 1. The smallest absolute Gasteiger partial charge is 0.111 e. The molecule has 1 aromatic carbocycles. The van der Waals surface area contributed by atoms with Crippen LogP contribution in [0.5, 0.6) is 0 Å². The van der Waals surface area contributed by atoms with Crippen molar-refractivity contribution in [2.24, 2.45) is 11.8 Å². The molecule has 1 heterocycles. The number of nitrogens with zero attached hydrogens (tertiary/aromatic N) is 2. The summed E-state index contributed by atoms with van der Waals surface area (Å²) in [7, 11) is 0. The van der Waals surface area contributed by atoms with E-state index in [1.165, 1.54) is 24.8 Å². The monoisotopic (exact) mass is 276 g/mol. The highest BCUT2D eigenvalue weighted by Gasteiger charge is 2.25. The summed E-state index contributed by atoms with van der Waals surface area (Å²) in [5, 5.41) is 0. The number of hydrogen-bond donors (Lipinski definition) is 0. The molecule has 0 radical (unpaired) electrons. The van der Waals surface area contributed by atoms with Crippen LogP contribution in [0.2, 0.25) is 0 Å². The first kappa shape index (κ1) is 13.0. The van der Waals surface area contributed by atoms with Crippen molar-refractivity contribution in [2.75, 3.05) is 5.88 Å². The van der Waals surface area contributed by atoms with Gasteiger partial charge >= 0.3 is 0 Å². The number of para-hydroxylation sites is 2. The van der Waals surface area contributed by atoms with Crippen LogP contribution in [0.15, 0.2) is 24.3 Å². The summed E-state index contributed by atoms with van der Waals surface area (Å²) >= 11 is 5.93. The molecule has 2 nitrogen and oxygen atoms in total. The molecule has 3 rings (SSSR count). The van der Waals surface area contributed by atoms with Gasteiger partial charge in [-0.2, -0.15) is 0 Å². The van der Waals surface area contributed by atoms with Crippen LogP contribution in [0.4, 0.5) is 0 Å². The molecule has 0 spiro atoms. The highest BCUT2D eigenvalue weighted by atomic mass is 35.5. The van der Waals surface area contributed by atoms with E-state index in [0.29, 0.717) is 5.88 Å². The van der Waals surface area contributed by atoms with E-state index in [4.69, 9.17) is 16.6 Å². The summed E-state index contributed by atoms with van der Waals surface area (Å²) in [4.78, 5) is 4.75. The van der Waals surface area contributed by atoms with Crippen molar-refractivity contribution in [1.82, 2.24) is 9.55 Å². The highest BCUT2D eigenvalue weighted by molar-refractivity contribution is 6.17. The Hall–Kier alpha value is -1.02. The van der Waals surface area contributed by atoms with Crippen molar-refractivity contribution >= 4 is 22.6 Å². The van der Waals surface area contributed by atoms with Gasteiger partial charge in [-0.3, -0.25) is 0 Å². The molecule has 0 N–H and O–H groups in total. The molecule has 0 amide bonds. The fraction of sp³-hybridized carbons (Fsp3) is 0.562. The molecule has 1 fully saturated rings. The van der Waals surface area contributed by atoms with Crippen molar-refractivity contribution in [3.05, 3.63) is 30.1 Å². The van der Waals surface area contributed by atoms with Crippen LogP contribution in [-0.4, -0.2) is 15.4 Å². The fourth-order valence-electron chi connectivity index (χ4n) is 3.33. The largest absolute Gasteiger partial charge is 0.328 e. The molecule has 2 unspecified atom stereocenters. The Kier molecular flexibility index (Phi) is 3.79. The minimum Gasteiger partial charge on any atom is -0.328 e. The van der Waals surface area contributed by atoms with E-state index in [-0.39, 0.29) is 0 Å². The zero-order valence-electron chi connectivity index (χ0n) is 11.5. The second kappa shape index (κ2) is 5.54. The third kappa shape index (κ3) is 2.51. The zero-order chi connectivity index (χ0) is 13.2. The second-order valence-electron chi connectivity index (χ2n) is 5.73. The van der Waals surface area contributed by atoms with Crippen LogP contribution >= 0.6 is 11.6 Å². The van der Waals surface area contributed by atoms with Gasteiger partial charge in [0, 0.05) is 18.8 Å². The quantitative estimate of drug-likeness (QED) is 0.763. The van der Waals surface area contributed by atoms with Gasteiger partial charge in [-0.25, -0.2) is 4.98 Å². The molecule has 1 saturated carbocycles. The third-order valence-corrected chi connectivity index (χ3v) is 4.70. The molecule has 1 aliphatic carbocycles. The SMILES string of the molecule is CC1CCCC1Cn1c(CCCl)nc2ccccc21. The lowest BCUT2D eigenvalue weighted by Gasteiger charge is -2.18. The number of rotatable bonds is 4. The molecule has 0 aliphatic heterocycles. The van der Waals surface area contributed by atoms with Gasteiger partial charge in [-0.15, -0.1) is 11.6 Å². The Labute approximate surface area is 119 Å². The topological polar surface area (TPSA) is 17.8 Å². The number of benzene rings is 1. The number of aromatic nitrogens is 2. The van der Waals surface area contributed by atoms with Crippen molar-refractivity contribution in [3.63, 3.8) is 0 Å². The number of hydrogen-bond acceptors (Lipinski definition) is 1. The average molecular weight is 277 g/mol. The lowest BCUT2D eigenvalue weighted by Crippen LogP contribution is -2.15. The first-order chi connectivity index (χ1) is 9.29. The zero-order valence-corrected chi connectivity index (χ0v) is 12.2. The van der Waals surface area contributed by atoms with E-state index in [1.54, 1.807) is 0 Å². The third-order valence-electron chi connectivity index (χ3n) is 4.51. The maximum absolute atomic E-state index is 5.93. The first-order valence-electron chi connectivity index (χ1n) is 7.29. The van der Waals surface area contributed by atoms with Crippen LogP contribution in [0.1, 0.15) is 32.0 Å². The fourth-order valence-corrected chi connectivity index (χ4v) is 3.50. The van der Waals surface area contributed by atoms with E-state index >= 15 is 0 Å². The maximum atomic E-state index is 5.93. The Morgan fingerprint density at radius 3 is 2.89 bits per heavy atom. The summed E-state index contributed by atoms with van der Waals surface area (Å²) in [6, 6.07) is 8.44. The van der Waals surface area contributed by atoms with E-state index in [9.17, 15) is 0 Å². The molecular formula is C16H21ClN2. The van der Waals surface area contributed by atoms with Gasteiger partial charge in [0.15, 0.2) is 0 Å². The summed E-state index contributed by atoms with van der Waals surface area (Å²) in [5.74, 6) is 3.43. The molecule has 102 valence electrons. The number of imidazole rings is 1. The molecule has 0 bridgehead atoms. The van der Waals surface area contributed by atoms with Gasteiger partial charge in [-0.05, 0) is 30.4 Å². The van der Waals surface area contributed by atoms with Crippen LogP contribution in [0.3, 0.4) is 0 Å². The molecule has 0 saturated heterocycles. The minimum absolute atomic E-state index is 0.642. The van der Waals surface area contributed by atoms with Crippen molar-refractivity contribution in [1.29, 1.82) is 0 Å². The van der Waals surface area contributed by atoms with Crippen molar-refractivity contribution in [2.45, 2.75) is 39.2 Å². The normalized spacial score (nSPS) is 23.3. The lowest BCUT2D eigenvalue weighted by molar-refractivity contribution is 0.363. The summed E-state index contributed by atoms with van der Waals surface area (Å²) in [5.41, 5.74) is 2.37. The minimum atomic E-state index is 0.642. The Balaban J connectivity index is 1.97. The molecule has 3 heteroatoms.